The Hall–Kier alpha value is -3.24. The van der Waals surface area contributed by atoms with Crippen molar-refractivity contribution < 1.29 is 18.0 Å². The molecule has 0 saturated carbocycles. The number of imidazole rings is 1. The van der Waals surface area contributed by atoms with E-state index < -0.39 is 9.84 Å². The lowest BCUT2D eigenvalue weighted by molar-refractivity contribution is -0.133. The Kier molecular flexibility index (Phi) is 7.23. The van der Waals surface area contributed by atoms with Crippen LogP contribution in [-0.4, -0.2) is 78.6 Å². The molecule has 0 radical (unpaired) electrons. The standard InChI is InChI=1S/C25H31N5O4S/c1-18-7-6-9-20(19(18)2)27-24(31)15-28-11-13-29(14-12-28)25(32)16-30-22-10-5-4-8-21(22)26-23(30)17-35(3,33)34/h4-10H,11-17H2,1-3H3,(H,27,31). The van der Waals surface area contributed by atoms with E-state index in [2.05, 4.69) is 10.3 Å². The van der Waals surface area contributed by atoms with Gasteiger partial charge in [0.1, 0.15) is 18.1 Å². The number of anilines is 1. The molecule has 1 aromatic heterocycles. The molecular formula is C25H31N5O4S. The van der Waals surface area contributed by atoms with Crippen LogP contribution in [0.15, 0.2) is 42.5 Å². The number of nitrogens with zero attached hydrogens (tertiary/aromatic N) is 4. The Balaban J connectivity index is 1.36. The van der Waals surface area contributed by atoms with Crippen molar-refractivity contribution in [3.63, 3.8) is 0 Å². The zero-order valence-corrected chi connectivity index (χ0v) is 21.1. The summed E-state index contributed by atoms with van der Waals surface area (Å²) in [6.45, 7) is 6.48. The lowest BCUT2D eigenvalue weighted by atomic mass is 10.1. The van der Waals surface area contributed by atoms with Gasteiger partial charge < -0.3 is 14.8 Å². The Morgan fingerprint density at radius 1 is 0.971 bits per heavy atom. The summed E-state index contributed by atoms with van der Waals surface area (Å²) in [5, 5.41) is 2.98. The number of amides is 2. The van der Waals surface area contributed by atoms with Crippen molar-refractivity contribution in [2.24, 2.45) is 0 Å². The van der Waals surface area contributed by atoms with Crippen molar-refractivity contribution in [1.29, 1.82) is 0 Å². The van der Waals surface area contributed by atoms with Gasteiger partial charge in [0.15, 0.2) is 9.84 Å². The number of carbonyl (C=O) groups is 2. The second-order valence-corrected chi connectivity index (χ2v) is 11.3. The van der Waals surface area contributed by atoms with Crippen molar-refractivity contribution in [1.82, 2.24) is 19.4 Å². The average Bonchev–Trinajstić information content (AvgIpc) is 3.12. The number of benzene rings is 2. The number of hydrogen-bond donors (Lipinski definition) is 1. The molecule has 2 aromatic carbocycles. The predicted octanol–water partition coefficient (Wildman–Crippen LogP) is 1.98. The maximum absolute atomic E-state index is 13.1. The van der Waals surface area contributed by atoms with Crippen LogP contribution in [0.1, 0.15) is 17.0 Å². The number of rotatable bonds is 7. The predicted molar refractivity (Wildman–Crippen MR) is 136 cm³/mol. The molecule has 4 rings (SSSR count). The summed E-state index contributed by atoms with van der Waals surface area (Å²) in [7, 11) is -3.31. The van der Waals surface area contributed by atoms with Gasteiger partial charge in [0, 0.05) is 38.1 Å². The van der Waals surface area contributed by atoms with Gasteiger partial charge in [0.25, 0.3) is 0 Å². The summed E-state index contributed by atoms with van der Waals surface area (Å²) >= 11 is 0. The molecule has 35 heavy (non-hydrogen) atoms. The number of carbonyl (C=O) groups excluding carboxylic acids is 2. The van der Waals surface area contributed by atoms with Gasteiger partial charge in [-0.15, -0.1) is 0 Å². The molecule has 1 aliphatic heterocycles. The summed E-state index contributed by atoms with van der Waals surface area (Å²) in [5.74, 6) is -0.0295. The number of para-hydroxylation sites is 2. The van der Waals surface area contributed by atoms with Gasteiger partial charge >= 0.3 is 0 Å². The van der Waals surface area contributed by atoms with E-state index in [9.17, 15) is 18.0 Å². The van der Waals surface area contributed by atoms with E-state index in [1.807, 2.05) is 61.2 Å². The van der Waals surface area contributed by atoms with E-state index in [1.165, 1.54) is 0 Å². The Morgan fingerprint density at radius 3 is 2.40 bits per heavy atom. The molecular weight excluding hydrogens is 466 g/mol. The second-order valence-electron chi connectivity index (χ2n) is 9.13. The number of aryl methyl sites for hydroxylation is 1. The molecule has 1 aliphatic rings. The third-order valence-corrected chi connectivity index (χ3v) is 7.17. The van der Waals surface area contributed by atoms with Crippen LogP contribution in [0.3, 0.4) is 0 Å². The van der Waals surface area contributed by atoms with Crippen LogP contribution in [0.25, 0.3) is 11.0 Å². The van der Waals surface area contributed by atoms with Crippen LogP contribution < -0.4 is 5.32 Å². The summed E-state index contributed by atoms with van der Waals surface area (Å²) in [4.78, 5) is 33.9. The van der Waals surface area contributed by atoms with Crippen molar-refractivity contribution >= 4 is 38.4 Å². The average molecular weight is 498 g/mol. The largest absolute Gasteiger partial charge is 0.339 e. The summed E-state index contributed by atoms with van der Waals surface area (Å²) in [6, 6.07) is 13.2. The van der Waals surface area contributed by atoms with Crippen LogP contribution in [-0.2, 0) is 31.7 Å². The smallest absolute Gasteiger partial charge is 0.242 e. The fourth-order valence-corrected chi connectivity index (χ4v) is 5.01. The first-order chi connectivity index (χ1) is 16.6. The number of sulfone groups is 1. The number of aromatic nitrogens is 2. The summed E-state index contributed by atoms with van der Waals surface area (Å²) in [5.41, 5.74) is 4.40. The third-order valence-electron chi connectivity index (χ3n) is 6.39. The van der Waals surface area contributed by atoms with Gasteiger partial charge in [0.2, 0.25) is 11.8 Å². The van der Waals surface area contributed by atoms with Gasteiger partial charge in [-0.3, -0.25) is 14.5 Å². The number of fused-ring (bicyclic) bond motifs is 1. The SMILES string of the molecule is Cc1cccc(NC(=O)CN2CCN(C(=O)Cn3c(CS(C)(=O)=O)nc4ccccc43)CC2)c1C. The normalized spacial score (nSPS) is 14.9. The molecule has 186 valence electrons. The first kappa shape index (κ1) is 24.9. The summed E-state index contributed by atoms with van der Waals surface area (Å²) in [6.07, 6.45) is 1.16. The minimum atomic E-state index is -3.31. The molecule has 0 atom stereocenters. The van der Waals surface area contributed by atoms with Crippen LogP contribution in [0.5, 0.6) is 0 Å². The highest BCUT2D eigenvalue weighted by Gasteiger charge is 2.25. The second kappa shape index (κ2) is 10.2. The van der Waals surface area contributed by atoms with Crippen LogP contribution in [0.4, 0.5) is 5.69 Å². The van der Waals surface area contributed by atoms with Gasteiger partial charge in [0.05, 0.1) is 17.6 Å². The number of nitrogens with one attached hydrogen (secondary N) is 1. The molecule has 3 aromatic rings. The number of piperazine rings is 1. The Labute approximate surface area is 205 Å². The summed E-state index contributed by atoms with van der Waals surface area (Å²) < 4.78 is 25.5. The lowest BCUT2D eigenvalue weighted by Crippen LogP contribution is -2.51. The van der Waals surface area contributed by atoms with Crippen molar-refractivity contribution in [2.45, 2.75) is 26.1 Å². The van der Waals surface area contributed by atoms with Crippen LogP contribution in [0.2, 0.25) is 0 Å². The van der Waals surface area contributed by atoms with Gasteiger partial charge in [-0.2, -0.15) is 0 Å². The quantitative estimate of drug-likeness (QED) is 0.535. The maximum atomic E-state index is 13.1. The molecule has 9 nitrogen and oxygen atoms in total. The van der Waals surface area contributed by atoms with Crippen LogP contribution >= 0.6 is 0 Å². The molecule has 0 unspecified atom stereocenters. The monoisotopic (exact) mass is 497 g/mol. The van der Waals surface area contributed by atoms with E-state index in [1.54, 1.807) is 9.47 Å². The zero-order chi connectivity index (χ0) is 25.2. The van der Waals surface area contributed by atoms with Crippen molar-refractivity contribution in [3.05, 3.63) is 59.4 Å². The first-order valence-corrected chi connectivity index (χ1v) is 13.6. The van der Waals surface area contributed by atoms with E-state index in [0.717, 1.165) is 28.6 Å². The topological polar surface area (TPSA) is 105 Å². The first-order valence-electron chi connectivity index (χ1n) is 11.6. The minimum absolute atomic E-state index is 0.0263. The van der Waals surface area contributed by atoms with Gasteiger partial charge in [-0.1, -0.05) is 24.3 Å². The fraction of sp³-hybridized carbons (Fsp3) is 0.400. The molecule has 0 aliphatic carbocycles. The maximum Gasteiger partial charge on any atom is 0.242 e. The highest BCUT2D eigenvalue weighted by atomic mass is 32.2. The van der Waals surface area contributed by atoms with Crippen molar-refractivity contribution in [2.75, 3.05) is 44.3 Å². The Bertz CT molecular complexity index is 1360. The van der Waals surface area contributed by atoms with Gasteiger partial charge in [-0.05, 0) is 43.2 Å². The van der Waals surface area contributed by atoms with E-state index in [0.29, 0.717) is 37.5 Å². The van der Waals surface area contributed by atoms with E-state index >= 15 is 0 Å². The van der Waals surface area contributed by atoms with Gasteiger partial charge in [-0.25, -0.2) is 13.4 Å². The zero-order valence-electron chi connectivity index (χ0n) is 20.3. The van der Waals surface area contributed by atoms with E-state index in [4.69, 9.17) is 0 Å². The highest BCUT2D eigenvalue weighted by Crippen LogP contribution is 2.19. The molecule has 2 amide bonds. The number of hydrogen-bond acceptors (Lipinski definition) is 6. The fourth-order valence-electron chi connectivity index (χ4n) is 4.32. The molecule has 10 heteroatoms. The van der Waals surface area contributed by atoms with E-state index in [-0.39, 0.29) is 30.7 Å². The lowest BCUT2D eigenvalue weighted by Gasteiger charge is -2.34. The van der Waals surface area contributed by atoms with Crippen LogP contribution in [0, 0.1) is 13.8 Å². The molecule has 1 fully saturated rings. The molecule has 1 N–H and O–H groups in total. The minimum Gasteiger partial charge on any atom is -0.339 e. The Morgan fingerprint density at radius 2 is 1.69 bits per heavy atom. The van der Waals surface area contributed by atoms with Crippen molar-refractivity contribution in [3.8, 4) is 0 Å². The highest BCUT2D eigenvalue weighted by molar-refractivity contribution is 7.89. The molecule has 0 spiro atoms. The molecule has 2 heterocycles. The molecule has 1 saturated heterocycles. The third kappa shape index (κ3) is 6.07. The molecule has 0 bridgehead atoms.